The smallest absolute Gasteiger partial charge is 0.338 e. The molecule has 1 heterocycles. The molecule has 3 rings (SSSR count). The van der Waals surface area contributed by atoms with Gasteiger partial charge in [0, 0.05) is 28.8 Å². The summed E-state index contributed by atoms with van der Waals surface area (Å²) in [6.07, 6.45) is 0.00619. The van der Waals surface area contributed by atoms with Crippen LogP contribution in [-0.4, -0.2) is 49.2 Å². The summed E-state index contributed by atoms with van der Waals surface area (Å²) >= 11 is 7.58. The van der Waals surface area contributed by atoms with Gasteiger partial charge in [0.2, 0.25) is 0 Å². The van der Waals surface area contributed by atoms with Crippen molar-refractivity contribution >= 4 is 35.2 Å². The average molecular weight is 420 g/mol. The predicted octanol–water partition coefficient (Wildman–Crippen LogP) is 4.04. The Labute approximate surface area is 174 Å². The van der Waals surface area contributed by atoms with Crippen molar-refractivity contribution in [1.82, 2.24) is 4.90 Å². The Hall–Kier alpha value is -2.02. The van der Waals surface area contributed by atoms with Crippen molar-refractivity contribution < 1.29 is 19.1 Å². The summed E-state index contributed by atoms with van der Waals surface area (Å²) in [5, 5.41) is 0.717. The third-order valence-electron chi connectivity index (χ3n) is 4.33. The number of ether oxygens (including phenoxy) is 2. The summed E-state index contributed by atoms with van der Waals surface area (Å²) in [7, 11) is 0. The average Bonchev–Trinajstić information content (AvgIpc) is 2.71. The number of carbonyl (C=O) groups excluding carboxylic acids is 2. The Bertz CT molecular complexity index is 810. The molecule has 2 aromatic rings. The number of halogens is 1. The van der Waals surface area contributed by atoms with Gasteiger partial charge in [-0.15, -0.1) is 11.8 Å². The zero-order chi connectivity index (χ0) is 19.9. The Morgan fingerprint density at radius 3 is 2.57 bits per heavy atom. The van der Waals surface area contributed by atoms with E-state index in [2.05, 4.69) is 0 Å². The maximum atomic E-state index is 12.2. The van der Waals surface area contributed by atoms with E-state index in [1.807, 2.05) is 43.3 Å². The van der Waals surface area contributed by atoms with Gasteiger partial charge in [0.05, 0.1) is 18.3 Å². The molecule has 0 N–H and O–H groups in total. The first kappa shape index (κ1) is 20.7. The van der Waals surface area contributed by atoms with Crippen LogP contribution in [0.4, 0.5) is 0 Å². The lowest BCUT2D eigenvalue weighted by Crippen LogP contribution is -2.46. The molecule has 0 aliphatic carbocycles. The van der Waals surface area contributed by atoms with Crippen molar-refractivity contribution in [3.05, 3.63) is 64.7 Å². The minimum Gasteiger partial charge on any atom is -0.452 e. The molecule has 1 unspecified atom stereocenters. The van der Waals surface area contributed by atoms with Gasteiger partial charge in [0.15, 0.2) is 6.61 Å². The van der Waals surface area contributed by atoms with Crippen molar-refractivity contribution in [3.8, 4) is 0 Å². The molecule has 0 spiro atoms. The molecule has 0 aromatic heterocycles. The van der Waals surface area contributed by atoms with Gasteiger partial charge in [-0.3, -0.25) is 4.79 Å². The standard InChI is InChI=1S/C21H22ClNO4S/c1-15-12-23(10-11-26-15)20(24)13-27-21(25)17-4-2-16(3-5-17)14-28-19-8-6-18(22)7-9-19/h2-9,15H,10-14H2,1H3. The molecule has 5 nitrogen and oxygen atoms in total. The lowest BCUT2D eigenvalue weighted by molar-refractivity contribution is -0.141. The molecule has 1 saturated heterocycles. The van der Waals surface area contributed by atoms with Crippen molar-refractivity contribution in [2.75, 3.05) is 26.3 Å². The molecule has 1 amide bonds. The molecule has 1 aliphatic heterocycles. The second-order valence-electron chi connectivity index (χ2n) is 6.54. The number of amides is 1. The van der Waals surface area contributed by atoms with Crippen LogP contribution in [0, 0.1) is 0 Å². The fourth-order valence-corrected chi connectivity index (χ4v) is 3.76. The molecule has 2 aromatic carbocycles. The maximum Gasteiger partial charge on any atom is 0.338 e. The highest BCUT2D eigenvalue weighted by molar-refractivity contribution is 7.98. The number of esters is 1. The highest BCUT2D eigenvalue weighted by Crippen LogP contribution is 2.24. The van der Waals surface area contributed by atoms with Gasteiger partial charge in [-0.2, -0.15) is 0 Å². The van der Waals surface area contributed by atoms with Crippen molar-refractivity contribution in [1.29, 1.82) is 0 Å². The van der Waals surface area contributed by atoms with Crippen LogP contribution in [0.15, 0.2) is 53.4 Å². The van der Waals surface area contributed by atoms with E-state index in [1.165, 1.54) is 0 Å². The summed E-state index contributed by atoms with van der Waals surface area (Å²) in [4.78, 5) is 27.1. The number of nitrogens with zero attached hydrogens (tertiary/aromatic N) is 1. The Morgan fingerprint density at radius 2 is 1.89 bits per heavy atom. The summed E-state index contributed by atoms with van der Waals surface area (Å²) in [6, 6.07) is 14.9. The lowest BCUT2D eigenvalue weighted by Gasteiger charge is -2.30. The van der Waals surface area contributed by atoms with Gasteiger partial charge < -0.3 is 14.4 Å². The SMILES string of the molecule is CC1CN(C(=O)COC(=O)c2ccc(CSc3ccc(Cl)cc3)cc2)CCO1. The Kier molecular flexibility index (Phi) is 7.36. The normalized spacial score (nSPS) is 16.6. The highest BCUT2D eigenvalue weighted by atomic mass is 35.5. The minimum absolute atomic E-state index is 0.00619. The van der Waals surface area contributed by atoms with Gasteiger partial charge in [-0.05, 0) is 48.9 Å². The molecule has 1 aliphatic rings. The number of carbonyl (C=O) groups is 2. The second kappa shape index (κ2) is 9.96. The molecule has 148 valence electrons. The molecular formula is C21H22ClNO4S. The van der Waals surface area contributed by atoms with Crippen LogP contribution >= 0.6 is 23.4 Å². The quantitative estimate of drug-likeness (QED) is 0.522. The van der Waals surface area contributed by atoms with Crippen LogP contribution < -0.4 is 0 Å². The van der Waals surface area contributed by atoms with Crippen molar-refractivity contribution in [2.24, 2.45) is 0 Å². The lowest BCUT2D eigenvalue weighted by atomic mass is 10.1. The van der Waals surface area contributed by atoms with E-state index in [1.54, 1.807) is 28.8 Å². The fourth-order valence-electron chi connectivity index (χ4n) is 2.78. The van der Waals surface area contributed by atoms with Gasteiger partial charge in [0.25, 0.3) is 5.91 Å². The van der Waals surface area contributed by atoms with Crippen LogP contribution in [0.1, 0.15) is 22.8 Å². The van der Waals surface area contributed by atoms with E-state index in [4.69, 9.17) is 21.1 Å². The molecule has 1 atom stereocenters. The van der Waals surface area contributed by atoms with Crippen LogP contribution in [0.2, 0.25) is 5.02 Å². The maximum absolute atomic E-state index is 12.2. The van der Waals surface area contributed by atoms with Gasteiger partial charge in [0.1, 0.15) is 0 Å². The number of rotatable bonds is 6. The van der Waals surface area contributed by atoms with Gasteiger partial charge in [-0.25, -0.2) is 4.79 Å². The summed E-state index contributed by atoms with van der Waals surface area (Å²) in [5.74, 6) is 0.0936. The van der Waals surface area contributed by atoms with E-state index in [9.17, 15) is 9.59 Å². The van der Waals surface area contributed by atoms with Crippen molar-refractivity contribution in [3.63, 3.8) is 0 Å². The van der Waals surface area contributed by atoms with E-state index < -0.39 is 5.97 Å². The van der Waals surface area contributed by atoms with Crippen LogP contribution in [0.5, 0.6) is 0 Å². The van der Waals surface area contributed by atoms with E-state index in [0.29, 0.717) is 30.3 Å². The second-order valence-corrected chi connectivity index (χ2v) is 8.02. The van der Waals surface area contributed by atoms with E-state index in [-0.39, 0.29) is 18.6 Å². The van der Waals surface area contributed by atoms with E-state index in [0.717, 1.165) is 16.2 Å². The first-order chi connectivity index (χ1) is 13.5. The molecule has 0 saturated carbocycles. The van der Waals surface area contributed by atoms with Crippen molar-refractivity contribution in [2.45, 2.75) is 23.7 Å². The number of hydrogen-bond acceptors (Lipinski definition) is 5. The van der Waals surface area contributed by atoms with E-state index >= 15 is 0 Å². The topological polar surface area (TPSA) is 55.8 Å². The molecule has 1 fully saturated rings. The van der Waals surface area contributed by atoms with Gasteiger partial charge >= 0.3 is 5.97 Å². The number of hydrogen-bond donors (Lipinski definition) is 0. The zero-order valence-electron chi connectivity index (χ0n) is 15.6. The number of thioether (sulfide) groups is 1. The molecular weight excluding hydrogens is 398 g/mol. The summed E-state index contributed by atoms with van der Waals surface area (Å²) < 4.78 is 10.6. The Morgan fingerprint density at radius 1 is 1.18 bits per heavy atom. The first-order valence-electron chi connectivity index (χ1n) is 9.05. The molecule has 7 heteroatoms. The minimum atomic E-state index is -0.494. The number of morpholine rings is 1. The third kappa shape index (κ3) is 5.99. The highest BCUT2D eigenvalue weighted by Gasteiger charge is 2.22. The molecule has 28 heavy (non-hydrogen) atoms. The zero-order valence-corrected chi connectivity index (χ0v) is 17.2. The fraction of sp³-hybridized carbons (Fsp3) is 0.333. The Balaban J connectivity index is 1.46. The summed E-state index contributed by atoms with van der Waals surface area (Å²) in [6.45, 7) is 3.23. The summed E-state index contributed by atoms with van der Waals surface area (Å²) in [5.41, 5.74) is 1.53. The molecule has 0 radical (unpaired) electrons. The number of benzene rings is 2. The largest absolute Gasteiger partial charge is 0.452 e. The first-order valence-corrected chi connectivity index (χ1v) is 10.4. The predicted molar refractivity (Wildman–Crippen MR) is 110 cm³/mol. The van der Waals surface area contributed by atoms with Crippen LogP contribution in [0.25, 0.3) is 0 Å². The van der Waals surface area contributed by atoms with Crippen LogP contribution in [0.3, 0.4) is 0 Å². The third-order valence-corrected chi connectivity index (χ3v) is 5.66. The van der Waals surface area contributed by atoms with Crippen LogP contribution in [-0.2, 0) is 20.0 Å². The monoisotopic (exact) mass is 419 g/mol. The molecule has 0 bridgehead atoms. The van der Waals surface area contributed by atoms with Gasteiger partial charge in [-0.1, -0.05) is 23.7 Å².